The summed E-state index contributed by atoms with van der Waals surface area (Å²) in [6.45, 7) is 1.30. The fraction of sp³-hybridized carbons (Fsp3) is 0.200. The van der Waals surface area contributed by atoms with Gasteiger partial charge in [-0.1, -0.05) is 23.2 Å². The quantitative estimate of drug-likeness (QED) is 0.861. The molecule has 128 valence electrons. The average Bonchev–Trinajstić information content (AvgIpc) is 2.49. The molecular formula is C15H11Cl2F3N2O2. The number of rotatable bonds is 3. The summed E-state index contributed by atoms with van der Waals surface area (Å²) in [5, 5.41) is 2.96. The second-order valence-corrected chi connectivity index (χ2v) is 5.79. The number of halogens is 5. The van der Waals surface area contributed by atoms with Gasteiger partial charge in [-0.2, -0.15) is 13.2 Å². The van der Waals surface area contributed by atoms with Crippen LogP contribution in [0.3, 0.4) is 0 Å². The lowest BCUT2D eigenvalue weighted by Gasteiger charge is -2.17. The van der Waals surface area contributed by atoms with Crippen molar-refractivity contribution in [2.45, 2.75) is 19.1 Å². The maximum atomic E-state index is 12.8. The minimum Gasteiger partial charge on any atom is -0.323 e. The first-order valence-electron chi connectivity index (χ1n) is 6.65. The van der Waals surface area contributed by atoms with Crippen molar-refractivity contribution in [3.63, 3.8) is 0 Å². The van der Waals surface area contributed by atoms with Crippen LogP contribution >= 0.6 is 23.2 Å². The van der Waals surface area contributed by atoms with Gasteiger partial charge in [-0.15, -0.1) is 0 Å². The van der Waals surface area contributed by atoms with Crippen LogP contribution in [-0.4, -0.2) is 10.5 Å². The highest BCUT2D eigenvalue weighted by molar-refractivity contribution is 6.35. The molecule has 0 aliphatic rings. The number of hydrogen-bond donors (Lipinski definition) is 1. The van der Waals surface area contributed by atoms with Crippen molar-refractivity contribution in [3.05, 3.63) is 62.5 Å². The Morgan fingerprint density at radius 1 is 1.21 bits per heavy atom. The largest absolute Gasteiger partial charge is 0.417 e. The Hall–Kier alpha value is -1.99. The Morgan fingerprint density at radius 3 is 2.50 bits per heavy atom. The molecule has 0 fully saturated rings. The van der Waals surface area contributed by atoms with Crippen molar-refractivity contribution >= 4 is 34.8 Å². The lowest BCUT2D eigenvalue weighted by molar-refractivity contribution is -0.138. The van der Waals surface area contributed by atoms with Crippen molar-refractivity contribution in [1.82, 2.24) is 4.57 Å². The van der Waals surface area contributed by atoms with Gasteiger partial charge in [-0.25, -0.2) is 0 Å². The highest BCUT2D eigenvalue weighted by Gasteiger charge is 2.32. The first kappa shape index (κ1) is 18.4. The number of hydrogen-bond acceptors (Lipinski definition) is 2. The SMILES string of the molecule is CC(C(=O)Nc1cc(Cl)ccc1Cl)n1cc(C(F)(F)F)ccc1=O. The lowest BCUT2D eigenvalue weighted by atomic mass is 10.2. The summed E-state index contributed by atoms with van der Waals surface area (Å²) in [6.07, 6.45) is -4.02. The molecule has 0 aliphatic heterocycles. The molecule has 1 aromatic heterocycles. The zero-order valence-electron chi connectivity index (χ0n) is 12.2. The molecule has 1 N–H and O–H groups in total. The van der Waals surface area contributed by atoms with E-state index in [-0.39, 0.29) is 10.7 Å². The van der Waals surface area contributed by atoms with Crippen LogP contribution in [-0.2, 0) is 11.0 Å². The smallest absolute Gasteiger partial charge is 0.323 e. The van der Waals surface area contributed by atoms with Gasteiger partial charge in [0.05, 0.1) is 16.3 Å². The van der Waals surface area contributed by atoms with Crippen molar-refractivity contribution < 1.29 is 18.0 Å². The Labute approximate surface area is 144 Å². The van der Waals surface area contributed by atoms with Crippen molar-refractivity contribution in [1.29, 1.82) is 0 Å². The van der Waals surface area contributed by atoms with Gasteiger partial charge in [0.1, 0.15) is 6.04 Å². The summed E-state index contributed by atoms with van der Waals surface area (Å²) in [7, 11) is 0. The summed E-state index contributed by atoms with van der Waals surface area (Å²) >= 11 is 11.7. The number of benzene rings is 1. The third kappa shape index (κ3) is 4.10. The molecular weight excluding hydrogens is 368 g/mol. The van der Waals surface area contributed by atoms with Crippen LogP contribution in [0.5, 0.6) is 0 Å². The first-order chi connectivity index (χ1) is 11.1. The van der Waals surface area contributed by atoms with E-state index in [2.05, 4.69) is 5.32 Å². The van der Waals surface area contributed by atoms with Crippen molar-refractivity contribution in [3.8, 4) is 0 Å². The zero-order chi connectivity index (χ0) is 18.1. The van der Waals surface area contributed by atoms with Crippen LogP contribution in [0, 0.1) is 0 Å². The molecule has 1 unspecified atom stereocenters. The molecule has 1 heterocycles. The van der Waals surface area contributed by atoms with Crippen molar-refractivity contribution in [2.24, 2.45) is 0 Å². The van der Waals surface area contributed by atoms with Crippen LogP contribution in [0.25, 0.3) is 0 Å². The highest BCUT2D eigenvalue weighted by Crippen LogP contribution is 2.29. The molecule has 0 spiro atoms. The van der Waals surface area contributed by atoms with Gasteiger partial charge in [0.25, 0.3) is 5.56 Å². The van der Waals surface area contributed by atoms with Crippen LogP contribution in [0.15, 0.2) is 41.3 Å². The number of nitrogens with zero attached hydrogens (tertiary/aromatic N) is 1. The van der Waals surface area contributed by atoms with E-state index in [1.54, 1.807) is 0 Å². The number of aromatic nitrogens is 1. The number of carbonyl (C=O) groups excluding carboxylic acids is 1. The first-order valence-corrected chi connectivity index (χ1v) is 7.40. The molecule has 1 aromatic carbocycles. The maximum absolute atomic E-state index is 12.8. The molecule has 1 amide bonds. The van der Waals surface area contributed by atoms with E-state index >= 15 is 0 Å². The number of nitrogens with one attached hydrogen (secondary N) is 1. The zero-order valence-corrected chi connectivity index (χ0v) is 13.7. The second kappa shape index (κ2) is 6.86. The van der Waals surface area contributed by atoms with Gasteiger partial charge in [0, 0.05) is 17.3 Å². The Kier molecular flexibility index (Phi) is 5.25. The number of pyridine rings is 1. The van der Waals surface area contributed by atoms with Crippen LogP contribution < -0.4 is 10.9 Å². The minimum atomic E-state index is -4.62. The molecule has 0 bridgehead atoms. The predicted molar refractivity (Wildman–Crippen MR) is 85.5 cm³/mol. The number of alkyl halides is 3. The standard InChI is InChI=1S/C15H11Cl2F3N2O2/c1-8(14(24)21-12-6-10(16)3-4-11(12)17)22-7-9(15(18,19)20)2-5-13(22)23/h2-8H,1H3,(H,21,24). The minimum absolute atomic E-state index is 0.195. The summed E-state index contributed by atoms with van der Waals surface area (Å²) in [6, 6.07) is 4.61. The van der Waals surface area contributed by atoms with E-state index in [0.29, 0.717) is 21.9 Å². The highest BCUT2D eigenvalue weighted by atomic mass is 35.5. The molecule has 1 atom stereocenters. The summed E-state index contributed by atoms with van der Waals surface area (Å²) < 4.78 is 39.0. The Bertz CT molecular complexity index is 834. The lowest BCUT2D eigenvalue weighted by Crippen LogP contribution is -2.32. The molecule has 0 radical (unpaired) electrons. The van der Waals surface area contributed by atoms with Crippen LogP contribution in [0.2, 0.25) is 10.0 Å². The number of anilines is 1. The van der Waals surface area contributed by atoms with Gasteiger partial charge in [0.2, 0.25) is 5.91 Å². The fourth-order valence-corrected chi connectivity index (χ4v) is 2.27. The fourth-order valence-electron chi connectivity index (χ4n) is 1.93. The van der Waals surface area contributed by atoms with E-state index in [0.717, 1.165) is 6.07 Å². The summed E-state index contributed by atoms with van der Waals surface area (Å²) in [5.74, 6) is -0.708. The average molecular weight is 379 g/mol. The van der Waals surface area contributed by atoms with Gasteiger partial charge in [-0.05, 0) is 31.2 Å². The number of carbonyl (C=O) groups is 1. The van der Waals surface area contributed by atoms with E-state index in [4.69, 9.17) is 23.2 Å². The van der Waals surface area contributed by atoms with E-state index in [1.165, 1.54) is 25.1 Å². The summed E-state index contributed by atoms with van der Waals surface area (Å²) in [5.41, 5.74) is -1.56. The molecule has 0 saturated carbocycles. The van der Waals surface area contributed by atoms with Crippen molar-refractivity contribution in [2.75, 3.05) is 5.32 Å². The molecule has 2 aromatic rings. The Balaban J connectivity index is 2.31. The Morgan fingerprint density at radius 2 is 1.88 bits per heavy atom. The third-order valence-corrected chi connectivity index (χ3v) is 3.81. The normalized spacial score (nSPS) is 12.8. The monoisotopic (exact) mass is 378 g/mol. The van der Waals surface area contributed by atoms with Gasteiger partial charge in [-0.3, -0.25) is 9.59 Å². The van der Waals surface area contributed by atoms with E-state index < -0.39 is 29.2 Å². The maximum Gasteiger partial charge on any atom is 0.417 e. The van der Waals surface area contributed by atoms with E-state index in [9.17, 15) is 22.8 Å². The molecule has 9 heteroatoms. The summed E-state index contributed by atoms with van der Waals surface area (Å²) in [4.78, 5) is 24.0. The van der Waals surface area contributed by atoms with Crippen LogP contribution in [0.1, 0.15) is 18.5 Å². The predicted octanol–water partition coefficient (Wildman–Crippen LogP) is 4.37. The molecule has 0 saturated heterocycles. The topological polar surface area (TPSA) is 51.1 Å². The van der Waals surface area contributed by atoms with E-state index in [1.807, 2.05) is 0 Å². The number of amides is 1. The molecule has 2 rings (SSSR count). The third-order valence-electron chi connectivity index (χ3n) is 3.25. The second-order valence-electron chi connectivity index (χ2n) is 4.95. The molecule has 24 heavy (non-hydrogen) atoms. The molecule has 0 aliphatic carbocycles. The van der Waals surface area contributed by atoms with Crippen LogP contribution in [0.4, 0.5) is 18.9 Å². The molecule has 4 nitrogen and oxygen atoms in total. The van der Waals surface area contributed by atoms with Gasteiger partial charge in [0.15, 0.2) is 0 Å². The van der Waals surface area contributed by atoms with Gasteiger partial charge >= 0.3 is 6.18 Å². The van der Waals surface area contributed by atoms with Gasteiger partial charge < -0.3 is 9.88 Å².